The zero-order chi connectivity index (χ0) is 18.1. The molecule has 0 aliphatic rings. The van der Waals surface area contributed by atoms with Crippen LogP contribution in [0.1, 0.15) is 25.0 Å². The summed E-state index contributed by atoms with van der Waals surface area (Å²) in [5.74, 6) is -2.10. The third-order valence-corrected chi connectivity index (χ3v) is 3.61. The van der Waals surface area contributed by atoms with Crippen LogP contribution in [0, 0.1) is 5.92 Å². The molecule has 0 aromatic heterocycles. The summed E-state index contributed by atoms with van der Waals surface area (Å²) in [5, 5.41) is 2.60. The van der Waals surface area contributed by atoms with E-state index in [1.165, 1.54) is 21.3 Å². The van der Waals surface area contributed by atoms with E-state index in [1.807, 2.05) is 6.07 Å². The SMILES string of the molecule is COC(=O)C[C@@H](C)[C@@H](NC(=O)[C@@H](OC)c1ccccc1)C(=O)OC. The van der Waals surface area contributed by atoms with Crippen molar-refractivity contribution in [3.63, 3.8) is 0 Å². The maximum Gasteiger partial charge on any atom is 0.328 e. The van der Waals surface area contributed by atoms with Crippen molar-refractivity contribution in [1.82, 2.24) is 5.32 Å². The van der Waals surface area contributed by atoms with Gasteiger partial charge in [0, 0.05) is 7.11 Å². The second-order valence-corrected chi connectivity index (χ2v) is 5.29. The van der Waals surface area contributed by atoms with Crippen LogP contribution in [-0.2, 0) is 28.6 Å². The number of hydrogen-bond acceptors (Lipinski definition) is 6. The Morgan fingerprint density at radius 1 is 1.04 bits per heavy atom. The number of nitrogens with one attached hydrogen (secondary N) is 1. The Labute approximate surface area is 141 Å². The van der Waals surface area contributed by atoms with Gasteiger partial charge in [-0.25, -0.2) is 4.79 Å². The van der Waals surface area contributed by atoms with Gasteiger partial charge in [0.2, 0.25) is 0 Å². The first kappa shape index (κ1) is 19.6. The van der Waals surface area contributed by atoms with Gasteiger partial charge in [-0.15, -0.1) is 0 Å². The maximum absolute atomic E-state index is 12.5. The number of hydrogen-bond donors (Lipinski definition) is 1. The summed E-state index contributed by atoms with van der Waals surface area (Å²) in [6.45, 7) is 1.66. The van der Waals surface area contributed by atoms with E-state index in [2.05, 4.69) is 10.1 Å². The fraction of sp³-hybridized carbons (Fsp3) is 0.471. The number of carbonyl (C=O) groups excluding carboxylic acids is 3. The van der Waals surface area contributed by atoms with Crippen molar-refractivity contribution in [2.75, 3.05) is 21.3 Å². The molecule has 0 fully saturated rings. The molecule has 0 aliphatic heterocycles. The number of rotatable bonds is 8. The Morgan fingerprint density at radius 3 is 2.17 bits per heavy atom. The molecule has 1 aromatic carbocycles. The van der Waals surface area contributed by atoms with Crippen LogP contribution in [0.25, 0.3) is 0 Å². The topological polar surface area (TPSA) is 90.9 Å². The van der Waals surface area contributed by atoms with Gasteiger partial charge in [-0.05, 0) is 11.5 Å². The number of carbonyl (C=O) groups is 3. The van der Waals surface area contributed by atoms with Crippen LogP contribution in [-0.4, -0.2) is 45.2 Å². The van der Waals surface area contributed by atoms with Crippen molar-refractivity contribution in [3.8, 4) is 0 Å². The van der Waals surface area contributed by atoms with E-state index in [4.69, 9.17) is 9.47 Å². The predicted octanol–water partition coefficient (Wildman–Crippen LogP) is 1.23. The van der Waals surface area contributed by atoms with Crippen LogP contribution >= 0.6 is 0 Å². The molecule has 0 unspecified atom stereocenters. The molecule has 7 nitrogen and oxygen atoms in total. The minimum absolute atomic E-state index is 0.0282. The highest BCUT2D eigenvalue weighted by atomic mass is 16.5. The highest BCUT2D eigenvalue weighted by Crippen LogP contribution is 2.18. The highest BCUT2D eigenvalue weighted by Gasteiger charge is 2.32. The van der Waals surface area contributed by atoms with E-state index in [1.54, 1.807) is 31.2 Å². The lowest BCUT2D eigenvalue weighted by Gasteiger charge is -2.24. The summed E-state index contributed by atoms with van der Waals surface area (Å²) >= 11 is 0. The second kappa shape index (κ2) is 9.67. The number of amides is 1. The monoisotopic (exact) mass is 337 g/mol. The molecular weight excluding hydrogens is 314 g/mol. The van der Waals surface area contributed by atoms with Crippen molar-refractivity contribution >= 4 is 17.8 Å². The van der Waals surface area contributed by atoms with Gasteiger partial charge < -0.3 is 19.5 Å². The van der Waals surface area contributed by atoms with Crippen molar-refractivity contribution in [2.24, 2.45) is 5.92 Å². The Balaban J connectivity index is 2.90. The lowest BCUT2D eigenvalue weighted by atomic mass is 9.97. The van der Waals surface area contributed by atoms with Crippen LogP contribution in [0.15, 0.2) is 30.3 Å². The lowest BCUT2D eigenvalue weighted by molar-refractivity contribution is -0.150. The van der Waals surface area contributed by atoms with Crippen LogP contribution < -0.4 is 5.32 Å². The van der Waals surface area contributed by atoms with Gasteiger partial charge in [0.1, 0.15) is 6.04 Å². The van der Waals surface area contributed by atoms with Gasteiger partial charge in [-0.1, -0.05) is 37.3 Å². The summed E-state index contributed by atoms with van der Waals surface area (Å²) in [5.41, 5.74) is 0.654. The Bertz CT molecular complexity index is 559. The van der Waals surface area contributed by atoms with Gasteiger partial charge in [0.05, 0.1) is 20.6 Å². The first-order valence-electron chi connectivity index (χ1n) is 7.47. The molecule has 0 heterocycles. The lowest BCUT2D eigenvalue weighted by Crippen LogP contribution is -2.48. The quantitative estimate of drug-likeness (QED) is 0.718. The van der Waals surface area contributed by atoms with Gasteiger partial charge in [-0.3, -0.25) is 9.59 Å². The first-order valence-corrected chi connectivity index (χ1v) is 7.47. The van der Waals surface area contributed by atoms with E-state index in [9.17, 15) is 14.4 Å². The Morgan fingerprint density at radius 2 is 1.67 bits per heavy atom. The maximum atomic E-state index is 12.5. The van der Waals surface area contributed by atoms with Crippen LogP contribution in [0.3, 0.4) is 0 Å². The molecule has 3 atom stereocenters. The molecule has 132 valence electrons. The van der Waals surface area contributed by atoms with Gasteiger partial charge >= 0.3 is 11.9 Å². The van der Waals surface area contributed by atoms with Crippen molar-refractivity contribution in [2.45, 2.75) is 25.5 Å². The summed E-state index contributed by atoms with van der Waals surface area (Å²) in [4.78, 5) is 35.9. The van der Waals surface area contributed by atoms with E-state index in [0.717, 1.165) is 0 Å². The summed E-state index contributed by atoms with van der Waals surface area (Å²) in [6.07, 6.45) is -0.900. The van der Waals surface area contributed by atoms with Gasteiger partial charge in [-0.2, -0.15) is 0 Å². The second-order valence-electron chi connectivity index (χ2n) is 5.29. The third-order valence-electron chi connectivity index (χ3n) is 3.61. The molecular formula is C17H23NO6. The van der Waals surface area contributed by atoms with Crippen LogP contribution in [0.2, 0.25) is 0 Å². The van der Waals surface area contributed by atoms with Crippen LogP contribution in [0.5, 0.6) is 0 Å². The van der Waals surface area contributed by atoms with Crippen molar-refractivity contribution < 1.29 is 28.6 Å². The van der Waals surface area contributed by atoms with Crippen molar-refractivity contribution in [3.05, 3.63) is 35.9 Å². The molecule has 0 radical (unpaired) electrons. The number of benzene rings is 1. The number of esters is 2. The zero-order valence-corrected chi connectivity index (χ0v) is 14.3. The molecule has 0 spiro atoms. The number of methoxy groups -OCH3 is 3. The van der Waals surface area contributed by atoms with E-state index in [0.29, 0.717) is 5.56 Å². The standard InChI is InChI=1S/C17H23NO6/c1-11(10-13(19)22-2)14(17(21)24-4)18-16(20)15(23-3)12-8-6-5-7-9-12/h5-9,11,14-15H,10H2,1-4H3,(H,18,20)/t11-,14-,15+/m1/s1. The Kier molecular flexibility index (Phi) is 7.91. The summed E-state index contributed by atoms with van der Waals surface area (Å²) in [6, 6.07) is 7.91. The minimum atomic E-state index is -0.983. The van der Waals surface area contributed by atoms with Gasteiger partial charge in [0.25, 0.3) is 5.91 Å². The minimum Gasteiger partial charge on any atom is -0.469 e. The molecule has 7 heteroatoms. The Hall–Kier alpha value is -2.41. The molecule has 1 N–H and O–H groups in total. The van der Waals surface area contributed by atoms with E-state index < -0.39 is 35.9 Å². The first-order chi connectivity index (χ1) is 11.4. The largest absolute Gasteiger partial charge is 0.469 e. The molecule has 1 aromatic rings. The van der Waals surface area contributed by atoms with Crippen LogP contribution in [0.4, 0.5) is 0 Å². The third kappa shape index (κ3) is 5.34. The molecule has 24 heavy (non-hydrogen) atoms. The fourth-order valence-corrected chi connectivity index (χ4v) is 2.28. The zero-order valence-electron chi connectivity index (χ0n) is 14.3. The molecule has 0 aliphatic carbocycles. The summed E-state index contributed by atoms with van der Waals surface area (Å²) in [7, 11) is 3.89. The van der Waals surface area contributed by atoms with E-state index >= 15 is 0 Å². The fourth-order valence-electron chi connectivity index (χ4n) is 2.28. The summed E-state index contributed by atoms with van der Waals surface area (Å²) < 4.78 is 14.6. The molecule has 1 amide bonds. The molecule has 0 saturated carbocycles. The predicted molar refractivity (Wildman–Crippen MR) is 85.9 cm³/mol. The van der Waals surface area contributed by atoms with Crippen molar-refractivity contribution in [1.29, 1.82) is 0 Å². The number of ether oxygens (including phenoxy) is 3. The average Bonchev–Trinajstić information content (AvgIpc) is 2.60. The smallest absolute Gasteiger partial charge is 0.328 e. The molecule has 0 bridgehead atoms. The molecule has 1 rings (SSSR count). The highest BCUT2D eigenvalue weighted by molar-refractivity contribution is 5.88. The molecule has 0 saturated heterocycles. The average molecular weight is 337 g/mol. The van der Waals surface area contributed by atoms with E-state index in [-0.39, 0.29) is 6.42 Å². The normalized spacial score (nSPS) is 14.2. The van der Waals surface area contributed by atoms with Gasteiger partial charge in [0.15, 0.2) is 6.10 Å².